The molecular weight excluding hydrogens is 370 g/mol. The van der Waals surface area contributed by atoms with Gasteiger partial charge >= 0.3 is 0 Å². The van der Waals surface area contributed by atoms with Crippen molar-refractivity contribution in [1.82, 2.24) is 10.6 Å². The third kappa shape index (κ3) is 6.35. The molecule has 0 unspecified atom stereocenters. The van der Waals surface area contributed by atoms with Gasteiger partial charge in [-0.15, -0.1) is 0 Å². The molecule has 0 aliphatic heterocycles. The van der Waals surface area contributed by atoms with Crippen LogP contribution < -0.4 is 10.6 Å². The molecule has 2 rings (SSSR count). The number of rotatable bonds is 7. The molecular formula is C19H24ClN3O2S. The smallest absolute Gasteiger partial charge is 0.190 e. The second-order valence-corrected chi connectivity index (χ2v) is 8.36. The van der Waals surface area contributed by atoms with Gasteiger partial charge in [-0.2, -0.15) is 0 Å². The molecule has 0 aromatic heterocycles. The van der Waals surface area contributed by atoms with Crippen LogP contribution in [0.3, 0.4) is 0 Å². The molecule has 0 bridgehead atoms. The minimum Gasteiger partial charge on any atom is -0.356 e. The molecule has 0 saturated heterocycles. The van der Waals surface area contributed by atoms with Crippen LogP contribution >= 0.6 is 11.6 Å². The lowest BCUT2D eigenvalue weighted by molar-refractivity contribution is 0.602. The lowest BCUT2D eigenvalue weighted by Crippen LogP contribution is -2.39. The van der Waals surface area contributed by atoms with Crippen LogP contribution in [-0.4, -0.2) is 40.8 Å². The van der Waals surface area contributed by atoms with Crippen LogP contribution in [0.1, 0.15) is 11.1 Å². The van der Waals surface area contributed by atoms with Crippen LogP contribution in [0.5, 0.6) is 0 Å². The molecule has 140 valence electrons. The van der Waals surface area contributed by atoms with E-state index in [1.807, 2.05) is 36.4 Å². The van der Waals surface area contributed by atoms with Gasteiger partial charge in [0, 0.05) is 31.4 Å². The van der Waals surface area contributed by atoms with Gasteiger partial charge in [0.1, 0.15) is 0 Å². The van der Waals surface area contributed by atoms with E-state index in [2.05, 4.69) is 15.6 Å². The average molecular weight is 394 g/mol. The van der Waals surface area contributed by atoms with Gasteiger partial charge in [-0.1, -0.05) is 41.9 Å². The largest absolute Gasteiger partial charge is 0.356 e. The first kappa shape index (κ1) is 20.3. The van der Waals surface area contributed by atoms with E-state index in [-0.39, 0.29) is 0 Å². The van der Waals surface area contributed by atoms with E-state index in [4.69, 9.17) is 11.6 Å². The van der Waals surface area contributed by atoms with Crippen molar-refractivity contribution in [1.29, 1.82) is 0 Å². The maximum atomic E-state index is 11.5. The van der Waals surface area contributed by atoms with Crippen LogP contribution in [0, 0.1) is 0 Å². The highest BCUT2D eigenvalue weighted by molar-refractivity contribution is 7.90. The molecule has 2 N–H and O–H groups in total. The summed E-state index contributed by atoms with van der Waals surface area (Å²) in [6.45, 7) is 1.43. The molecule has 0 fully saturated rings. The number of nitrogens with zero attached hydrogens (tertiary/aromatic N) is 1. The standard InChI is InChI=1S/C19H24ClN3O2S/c1-21-19(23-14-12-16-5-3-4-6-18(16)20)22-13-11-15-7-9-17(10-8-15)26(2,24)25/h3-10H,11-14H2,1-2H3,(H2,21,22,23). The highest BCUT2D eigenvalue weighted by Crippen LogP contribution is 2.14. The van der Waals surface area contributed by atoms with Crippen molar-refractivity contribution in [3.63, 3.8) is 0 Å². The van der Waals surface area contributed by atoms with Crippen LogP contribution in [-0.2, 0) is 22.7 Å². The Labute approximate surface area is 160 Å². The van der Waals surface area contributed by atoms with Crippen molar-refractivity contribution in [2.45, 2.75) is 17.7 Å². The molecule has 0 aliphatic carbocycles. The number of hydrogen-bond donors (Lipinski definition) is 2. The number of nitrogens with one attached hydrogen (secondary N) is 2. The zero-order chi connectivity index (χ0) is 19.0. The number of aliphatic imine (C=N–C) groups is 1. The summed E-state index contributed by atoms with van der Waals surface area (Å²) >= 11 is 6.15. The fraction of sp³-hybridized carbons (Fsp3) is 0.316. The summed E-state index contributed by atoms with van der Waals surface area (Å²) in [7, 11) is -1.42. The summed E-state index contributed by atoms with van der Waals surface area (Å²) in [5, 5.41) is 7.29. The van der Waals surface area contributed by atoms with Crippen molar-refractivity contribution < 1.29 is 8.42 Å². The van der Waals surface area contributed by atoms with Gasteiger partial charge in [0.2, 0.25) is 0 Å². The lowest BCUT2D eigenvalue weighted by atomic mass is 10.1. The normalized spacial score (nSPS) is 12.0. The number of benzene rings is 2. The number of guanidine groups is 1. The molecule has 0 spiro atoms. The summed E-state index contributed by atoms with van der Waals surface area (Å²) in [5.41, 5.74) is 2.17. The second-order valence-electron chi connectivity index (χ2n) is 5.93. The first-order chi connectivity index (χ1) is 12.4. The van der Waals surface area contributed by atoms with E-state index in [0.717, 1.165) is 41.5 Å². The zero-order valence-electron chi connectivity index (χ0n) is 15.0. The first-order valence-electron chi connectivity index (χ1n) is 8.37. The highest BCUT2D eigenvalue weighted by atomic mass is 35.5. The summed E-state index contributed by atoms with van der Waals surface area (Å²) in [6, 6.07) is 14.8. The highest BCUT2D eigenvalue weighted by Gasteiger charge is 2.06. The summed E-state index contributed by atoms with van der Waals surface area (Å²) in [5.74, 6) is 0.727. The maximum absolute atomic E-state index is 11.5. The number of sulfone groups is 1. The van der Waals surface area contributed by atoms with Crippen LogP contribution in [0.2, 0.25) is 5.02 Å². The van der Waals surface area contributed by atoms with Crippen LogP contribution in [0.15, 0.2) is 58.4 Å². The van der Waals surface area contributed by atoms with Gasteiger partial charge in [0.05, 0.1) is 4.90 Å². The predicted octanol–water partition coefficient (Wildman–Crippen LogP) is 2.69. The third-order valence-electron chi connectivity index (χ3n) is 3.93. The van der Waals surface area contributed by atoms with Crippen LogP contribution in [0.25, 0.3) is 0 Å². The quantitative estimate of drug-likeness (QED) is 0.560. The monoisotopic (exact) mass is 393 g/mol. The Morgan fingerprint density at radius 2 is 1.62 bits per heavy atom. The topological polar surface area (TPSA) is 70.6 Å². The third-order valence-corrected chi connectivity index (χ3v) is 5.42. The maximum Gasteiger partial charge on any atom is 0.190 e. The minimum atomic E-state index is -3.15. The predicted molar refractivity (Wildman–Crippen MR) is 108 cm³/mol. The summed E-state index contributed by atoms with van der Waals surface area (Å²) in [4.78, 5) is 4.54. The Balaban J connectivity index is 1.76. The van der Waals surface area contributed by atoms with Crippen molar-refractivity contribution in [3.8, 4) is 0 Å². The Hall–Kier alpha value is -2.05. The molecule has 0 aliphatic rings. The van der Waals surface area contributed by atoms with E-state index >= 15 is 0 Å². The molecule has 0 atom stereocenters. The summed E-state index contributed by atoms with van der Waals surface area (Å²) in [6.07, 6.45) is 2.80. The van der Waals surface area contributed by atoms with E-state index in [1.54, 1.807) is 19.2 Å². The van der Waals surface area contributed by atoms with Gasteiger partial charge in [-0.25, -0.2) is 8.42 Å². The van der Waals surface area contributed by atoms with Gasteiger partial charge in [-0.05, 0) is 42.2 Å². The molecule has 0 radical (unpaired) electrons. The number of halogens is 1. The Morgan fingerprint density at radius 3 is 2.19 bits per heavy atom. The Bertz CT molecular complexity index is 849. The molecule has 2 aromatic rings. The van der Waals surface area contributed by atoms with E-state index in [0.29, 0.717) is 11.4 Å². The molecule has 0 saturated carbocycles. The molecule has 0 heterocycles. The van der Waals surface area contributed by atoms with Gasteiger partial charge in [0.25, 0.3) is 0 Å². The Morgan fingerprint density at radius 1 is 1.00 bits per heavy atom. The molecule has 7 heteroatoms. The lowest BCUT2D eigenvalue weighted by Gasteiger charge is -2.12. The van der Waals surface area contributed by atoms with Crippen molar-refractivity contribution in [3.05, 3.63) is 64.7 Å². The van der Waals surface area contributed by atoms with Gasteiger partial charge in [-0.3, -0.25) is 4.99 Å². The zero-order valence-corrected chi connectivity index (χ0v) is 16.6. The van der Waals surface area contributed by atoms with E-state index in [9.17, 15) is 8.42 Å². The van der Waals surface area contributed by atoms with E-state index < -0.39 is 9.84 Å². The van der Waals surface area contributed by atoms with Gasteiger partial charge < -0.3 is 10.6 Å². The fourth-order valence-electron chi connectivity index (χ4n) is 2.47. The minimum absolute atomic E-state index is 0.339. The summed E-state index contributed by atoms with van der Waals surface area (Å²) < 4.78 is 22.9. The molecule has 26 heavy (non-hydrogen) atoms. The second kappa shape index (κ2) is 9.59. The first-order valence-corrected chi connectivity index (χ1v) is 10.6. The van der Waals surface area contributed by atoms with Crippen molar-refractivity contribution >= 4 is 27.4 Å². The fourth-order valence-corrected chi connectivity index (χ4v) is 3.33. The molecule has 5 nitrogen and oxygen atoms in total. The van der Waals surface area contributed by atoms with Gasteiger partial charge in [0.15, 0.2) is 15.8 Å². The van der Waals surface area contributed by atoms with Crippen molar-refractivity contribution in [2.75, 3.05) is 26.4 Å². The molecule has 2 aromatic carbocycles. The van der Waals surface area contributed by atoms with Crippen LogP contribution in [0.4, 0.5) is 0 Å². The van der Waals surface area contributed by atoms with E-state index in [1.165, 1.54) is 6.26 Å². The number of hydrogen-bond acceptors (Lipinski definition) is 3. The Kier molecular flexibility index (Phi) is 7.48. The average Bonchev–Trinajstić information content (AvgIpc) is 2.61. The SMILES string of the molecule is CN=C(NCCc1ccc(S(C)(=O)=O)cc1)NCCc1ccccc1Cl. The molecule has 0 amide bonds. The van der Waals surface area contributed by atoms with Crippen molar-refractivity contribution in [2.24, 2.45) is 4.99 Å².